The molecule has 1 unspecified atom stereocenters. The van der Waals surface area contributed by atoms with E-state index in [2.05, 4.69) is 23.9 Å². The molecule has 1 fully saturated rings. The summed E-state index contributed by atoms with van der Waals surface area (Å²) in [6.07, 6.45) is 4.57. The second kappa shape index (κ2) is 5.22. The molecule has 1 atom stereocenters. The highest BCUT2D eigenvalue weighted by Gasteiger charge is 2.24. The van der Waals surface area contributed by atoms with Crippen molar-refractivity contribution < 1.29 is 5.21 Å². The van der Waals surface area contributed by atoms with Crippen LogP contribution < -0.4 is 0 Å². The summed E-state index contributed by atoms with van der Waals surface area (Å²) in [7, 11) is 0. The molecule has 3 heteroatoms. The Labute approximate surface area is 80.4 Å². The Balaban J connectivity index is 2.63. The zero-order valence-electron chi connectivity index (χ0n) is 8.66. The molecular weight excluding hydrogens is 164 g/mol. The van der Waals surface area contributed by atoms with E-state index in [9.17, 15) is 0 Å². The van der Waals surface area contributed by atoms with Gasteiger partial charge in [0, 0.05) is 0 Å². The molecule has 1 aliphatic carbocycles. The summed E-state index contributed by atoms with van der Waals surface area (Å²) in [6.45, 7) is 6.40. The van der Waals surface area contributed by atoms with Gasteiger partial charge >= 0.3 is 0 Å². The molecule has 0 aromatic heterocycles. The van der Waals surface area contributed by atoms with Gasteiger partial charge in [-0.05, 0) is 32.4 Å². The Bertz CT molecular complexity index is 176. The van der Waals surface area contributed by atoms with Crippen LogP contribution in [0.25, 0.3) is 0 Å². The van der Waals surface area contributed by atoms with Gasteiger partial charge < -0.3 is 5.21 Å². The smallest absolute Gasteiger partial charge is 0.0742 e. The van der Waals surface area contributed by atoms with Crippen LogP contribution in [0.4, 0.5) is 0 Å². The van der Waals surface area contributed by atoms with Crippen LogP contribution in [0.15, 0.2) is 5.16 Å². The van der Waals surface area contributed by atoms with Crippen LogP contribution in [0.1, 0.15) is 39.5 Å². The van der Waals surface area contributed by atoms with Gasteiger partial charge in [0.25, 0.3) is 0 Å². The van der Waals surface area contributed by atoms with Gasteiger partial charge in [-0.15, -0.1) is 0 Å². The molecule has 13 heavy (non-hydrogen) atoms. The van der Waals surface area contributed by atoms with Crippen molar-refractivity contribution in [3.05, 3.63) is 0 Å². The van der Waals surface area contributed by atoms with Gasteiger partial charge in [-0.3, -0.25) is 4.90 Å². The highest BCUT2D eigenvalue weighted by molar-refractivity contribution is 5.89. The molecule has 76 valence electrons. The second-order valence-electron chi connectivity index (χ2n) is 3.57. The molecule has 0 bridgehead atoms. The zero-order chi connectivity index (χ0) is 9.68. The number of hydrogen-bond acceptors (Lipinski definition) is 3. The molecule has 0 saturated heterocycles. The molecule has 0 amide bonds. The molecule has 1 saturated carbocycles. The molecule has 0 aliphatic heterocycles. The standard InChI is InChI=1S/C10H20N2O/c1-3-12(4-2)10-8-6-5-7-9(10)11-13/h10,13H,3-8H2,1-2H3/b11-9-. The van der Waals surface area contributed by atoms with Crippen molar-refractivity contribution in [3.8, 4) is 0 Å². The molecule has 0 aromatic carbocycles. The molecule has 0 aromatic rings. The fourth-order valence-electron chi connectivity index (χ4n) is 2.15. The third-order valence-electron chi connectivity index (χ3n) is 2.93. The van der Waals surface area contributed by atoms with Crippen molar-refractivity contribution in [2.24, 2.45) is 5.16 Å². The summed E-state index contributed by atoms with van der Waals surface area (Å²) in [5.74, 6) is 0. The first-order valence-electron chi connectivity index (χ1n) is 5.28. The highest BCUT2D eigenvalue weighted by Crippen LogP contribution is 2.20. The van der Waals surface area contributed by atoms with Crippen molar-refractivity contribution in [3.63, 3.8) is 0 Å². The Morgan fingerprint density at radius 3 is 2.62 bits per heavy atom. The molecular formula is C10H20N2O. The number of rotatable bonds is 3. The predicted molar refractivity (Wildman–Crippen MR) is 54.4 cm³/mol. The first-order valence-corrected chi connectivity index (χ1v) is 5.28. The Hall–Kier alpha value is -0.570. The van der Waals surface area contributed by atoms with Gasteiger partial charge in [0.2, 0.25) is 0 Å². The monoisotopic (exact) mass is 184 g/mol. The minimum Gasteiger partial charge on any atom is -0.411 e. The predicted octanol–water partition coefficient (Wildman–Crippen LogP) is 2.10. The fraction of sp³-hybridized carbons (Fsp3) is 0.900. The van der Waals surface area contributed by atoms with Crippen molar-refractivity contribution in [1.29, 1.82) is 0 Å². The normalized spacial score (nSPS) is 27.0. The topological polar surface area (TPSA) is 35.8 Å². The van der Waals surface area contributed by atoms with E-state index in [1.807, 2.05) is 0 Å². The van der Waals surface area contributed by atoms with Crippen LogP contribution in [-0.2, 0) is 0 Å². The lowest BCUT2D eigenvalue weighted by atomic mass is 9.92. The summed E-state index contributed by atoms with van der Waals surface area (Å²) in [5, 5.41) is 12.3. The van der Waals surface area contributed by atoms with Crippen LogP contribution >= 0.6 is 0 Å². The lowest BCUT2D eigenvalue weighted by Gasteiger charge is -2.32. The maximum Gasteiger partial charge on any atom is 0.0742 e. The SMILES string of the molecule is CCN(CC)C1CCCC/C1=N/O. The van der Waals surface area contributed by atoms with E-state index in [0.717, 1.165) is 31.6 Å². The summed E-state index contributed by atoms with van der Waals surface area (Å²) in [4.78, 5) is 2.37. The summed E-state index contributed by atoms with van der Waals surface area (Å²) in [6, 6.07) is 0.397. The largest absolute Gasteiger partial charge is 0.411 e. The second-order valence-corrected chi connectivity index (χ2v) is 3.57. The van der Waals surface area contributed by atoms with Crippen LogP contribution in [0.2, 0.25) is 0 Å². The molecule has 0 heterocycles. The molecule has 0 spiro atoms. The van der Waals surface area contributed by atoms with Crippen LogP contribution in [0.5, 0.6) is 0 Å². The zero-order valence-corrected chi connectivity index (χ0v) is 8.66. The van der Waals surface area contributed by atoms with E-state index in [4.69, 9.17) is 5.21 Å². The quantitative estimate of drug-likeness (QED) is 0.538. The van der Waals surface area contributed by atoms with Gasteiger partial charge in [-0.25, -0.2) is 0 Å². The number of oxime groups is 1. The van der Waals surface area contributed by atoms with Crippen molar-refractivity contribution >= 4 is 5.71 Å². The fourth-order valence-corrected chi connectivity index (χ4v) is 2.15. The Morgan fingerprint density at radius 1 is 1.38 bits per heavy atom. The first kappa shape index (κ1) is 10.5. The molecule has 3 nitrogen and oxygen atoms in total. The third-order valence-corrected chi connectivity index (χ3v) is 2.93. The lowest BCUT2D eigenvalue weighted by molar-refractivity contribution is 0.232. The summed E-state index contributed by atoms with van der Waals surface area (Å²) < 4.78 is 0. The van der Waals surface area contributed by atoms with Crippen LogP contribution in [0, 0.1) is 0 Å². The van der Waals surface area contributed by atoms with Crippen molar-refractivity contribution in [1.82, 2.24) is 4.90 Å². The van der Waals surface area contributed by atoms with E-state index in [1.165, 1.54) is 12.8 Å². The van der Waals surface area contributed by atoms with Gasteiger partial charge in [-0.2, -0.15) is 0 Å². The molecule has 1 aliphatic rings. The van der Waals surface area contributed by atoms with Crippen molar-refractivity contribution in [2.45, 2.75) is 45.6 Å². The third kappa shape index (κ3) is 2.44. The minimum absolute atomic E-state index is 0.397. The number of hydrogen-bond donors (Lipinski definition) is 1. The van der Waals surface area contributed by atoms with Gasteiger partial charge in [-0.1, -0.05) is 25.4 Å². The maximum absolute atomic E-state index is 8.86. The molecule has 1 N–H and O–H groups in total. The summed E-state index contributed by atoms with van der Waals surface area (Å²) >= 11 is 0. The molecule has 1 rings (SSSR count). The van der Waals surface area contributed by atoms with E-state index >= 15 is 0 Å². The average molecular weight is 184 g/mol. The highest BCUT2D eigenvalue weighted by atomic mass is 16.4. The van der Waals surface area contributed by atoms with Gasteiger partial charge in [0.05, 0.1) is 11.8 Å². The van der Waals surface area contributed by atoms with Gasteiger partial charge in [0.1, 0.15) is 0 Å². The van der Waals surface area contributed by atoms with Gasteiger partial charge in [0.15, 0.2) is 0 Å². The Morgan fingerprint density at radius 2 is 2.08 bits per heavy atom. The number of nitrogens with zero attached hydrogens (tertiary/aromatic N) is 2. The van der Waals surface area contributed by atoms with E-state index in [-0.39, 0.29) is 0 Å². The first-order chi connectivity index (χ1) is 6.33. The maximum atomic E-state index is 8.86. The van der Waals surface area contributed by atoms with Crippen molar-refractivity contribution in [2.75, 3.05) is 13.1 Å². The minimum atomic E-state index is 0.397. The Kier molecular flexibility index (Phi) is 4.22. The van der Waals surface area contributed by atoms with E-state index in [1.54, 1.807) is 0 Å². The molecule has 0 radical (unpaired) electrons. The van der Waals surface area contributed by atoms with Crippen LogP contribution in [-0.4, -0.2) is 35.0 Å². The van der Waals surface area contributed by atoms with E-state index < -0.39 is 0 Å². The lowest BCUT2D eigenvalue weighted by Crippen LogP contribution is -2.42. The average Bonchev–Trinajstić information content (AvgIpc) is 2.20. The van der Waals surface area contributed by atoms with Crippen LogP contribution in [0.3, 0.4) is 0 Å². The summed E-state index contributed by atoms with van der Waals surface area (Å²) in [5.41, 5.74) is 0.981. The van der Waals surface area contributed by atoms with E-state index in [0.29, 0.717) is 6.04 Å².